The van der Waals surface area contributed by atoms with Crippen LogP contribution in [0.25, 0.3) is 0 Å². The third-order valence-corrected chi connectivity index (χ3v) is 13.3. The van der Waals surface area contributed by atoms with Crippen LogP contribution in [0.3, 0.4) is 0 Å². The normalized spacial score (nSPS) is 20.7. The van der Waals surface area contributed by atoms with Crippen LogP contribution in [0.5, 0.6) is 0 Å². The Morgan fingerprint density at radius 1 is 1.06 bits per heavy atom. The fraction of sp³-hybridized carbons (Fsp3) is 0.846. The van der Waals surface area contributed by atoms with Gasteiger partial charge in [0.05, 0.1) is 18.3 Å². The fourth-order valence-corrected chi connectivity index (χ4v) is 12.5. The van der Waals surface area contributed by atoms with E-state index in [1.165, 1.54) is 0 Å². The van der Waals surface area contributed by atoms with Crippen molar-refractivity contribution in [2.75, 3.05) is 6.61 Å². The predicted molar refractivity (Wildman–Crippen MR) is 83.0 cm³/mol. The molecule has 5 heteroatoms. The van der Waals surface area contributed by atoms with Gasteiger partial charge in [-0.1, -0.05) is 41.5 Å². The van der Waals surface area contributed by atoms with E-state index in [0.717, 1.165) is 5.20 Å². The lowest BCUT2D eigenvalue weighted by Crippen LogP contribution is -2.47. The first-order valence-corrected chi connectivity index (χ1v) is 9.80. The van der Waals surface area contributed by atoms with Gasteiger partial charge in [0.15, 0.2) is 0 Å². The number of hydrogen-bond donors (Lipinski definition) is 0. The summed E-state index contributed by atoms with van der Waals surface area (Å²) in [5, 5.41) is 0.938. The van der Waals surface area contributed by atoms with Crippen molar-refractivity contribution in [2.24, 2.45) is 0 Å². The minimum Gasteiger partial charge on any atom is -0.312 e. The van der Waals surface area contributed by atoms with E-state index in [2.05, 4.69) is 41.5 Å². The molecule has 0 unspecified atom stereocenters. The van der Waals surface area contributed by atoms with Crippen LogP contribution >= 0.6 is 22.6 Å². The van der Waals surface area contributed by atoms with Crippen molar-refractivity contribution >= 4 is 30.7 Å². The van der Waals surface area contributed by atoms with E-state index in [-0.39, 0.29) is 10.2 Å². The Kier molecular flexibility index (Phi) is 5.04. The number of rotatable bonds is 4. The molecule has 0 spiro atoms. The maximum Gasteiger partial charge on any atom is 0.388 e. The zero-order valence-corrected chi connectivity index (χ0v) is 15.1. The number of hydrogen-bond acceptors (Lipinski definition) is 1. The number of ether oxygens (including phenoxy) is 1. The Morgan fingerprint density at radius 2 is 1.44 bits per heavy atom. The van der Waals surface area contributed by atoms with Crippen LogP contribution in [0.2, 0.25) is 16.6 Å². The van der Waals surface area contributed by atoms with Gasteiger partial charge in [-0.05, 0) is 44.4 Å². The highest BCUT2D eigenvalue weighted by atomic mass is 127. The molecule has 106 valence electrons. The monoisotopic (exact) mass is 388 g/mol. The largest absolute Gasteiger partial charge is 0.388 e. The van der Waals surface area contributed by atoms with Gasteiger partial charge in [0.2, 0.25) is 0 Å². The van der Waals surface area contributed by atoms with Gasteiger partial charge in [-0.15, -0.1) is 0 Å². The lowest BCUT2D eigenvalue weighted by Gasteiger charge is -2.44. The van der Waals surface area contributed by atoms with Gasteiger partial charge >= 0.3 is 6.11 Å². The summed E-state index contributed by atoms with van der Waals surface area (Å²) < 4.78 is 32.2. The molecule has 0 amide bonds. The van der Waals surface area contributed by atoms with Crippen LogP contribution in [-0.2, 0) is 4.74 Å². The first-order chi connectivity index (χ1) is 8.08. The molecule has 18 heavy (non-hydrogen) atoms. The molecule has 0 N–H and O–H groups in total. The highest BCUT2D eigenvalue weighted by Crippen LogP contribution is 2.53. The van der Waals surface area contributed by atoms with Crippen LogP contribution in [0.15, 0.2) is 8.78 Å². The highest BCUT2D eigenvalue weighted by Gasteiger charge is 2.54. The summed E-state index contributed by atoms with van der Waals surface area (Å²) >= 11 is 1.80. The van der Waals surface area contributed by atoms with Crippen molar-refractivity contribution in [1.29, 1.82) is 0 Å². The predicted octanol–water partition coefficient (Wildman–Crippen LogP) is 5.52. The molecule has 0 aromatic carbocycles. The van der Waals surface area contributed by atoms with Gasteiger partial charge in [-0.3, -0.25) is 0 Å². The smallest absolute Gasteiger partial charge is 0.312 e. The molecule has 0 bridgehead atoms. The number of alkyl halides is 2. The lowest BCUT2D eigenvalue weighted by molar-refractivity contribution is -0.181. The number of halogens is 3. The summed E-state index contributed by atoms with van der Waals surface area (Å²) in [4.78, 5) is 0. The van der Waals surface area contributed by atoms with Crippen LogP contribution in [0.4, 0.5) is 8.78 Å². The molecule has 0 atom stereocenters. The van der Waals surface area contributed by atoms with Crippen LogP contribution < -0.4 is 0 Å². The van der Waals surface area contributed by atoms with Gasteiger partial charge in [0, 0.05) is 0 Å². The first kappa shape index (κ1) is 16.6. The molecule has 1 rings (SSSR count). The van der Waals surface area contributed by atoms with Gasteiger partial charge in [0.25, 0.3) is 0 Å². The van der Waals surface area contributed by atoms with Crippen LogP contribution in [0, 0.1) is 0 Å². The Hall–Kier alpha value is 0.507. The SMILES string of the molecule is CC(C)[Si](C1=C(I)C(F)(F)OC1)(C(C)C)C(C)C. The van der Waals surface area contributed by atoms with Crippen molar-refractivity contribution in [3.63, 3.8) is 0 Å². The van der Waals surface area contributed by atoms with Gasteiger partial charge in [0.1, 0.15) is 0 Å². The topological polar surface area (TPSA) is 9.23 Å². The average molecular weight is 388 g/mol. The zero-order valence-electron chi connectivity index (χ0n) is 12.0. The summed E-state index contributed by atoms with van der Waals surface area (Å²) in [6, 6.07) is 0. The molecular weight excluding hydrogens is 365 g/mol. The minimum absolute atomic E-state index is 0.117. The Bertz CT molecular complexity index is 329. The van der Waals surface area contributed by atoms with Gasteiger partial charge in [-0.2, -0.15) is 8.78 Å². The molecule has 0 aromatic rings. The summed E-state index contributed by atoms with van der Waals surface area (Å²) in [6.07, 6.45) is -3.06. The standard InChI is InChI=1S/C13H23F2IOSi/c1-8(2)18(9(3)4,10(5)6)11-7-17-13(14,15)12(11)16/h8-10H,7H2,1-6H3. The molecule has 0 aromatic heterocycles. The van der Waals surface area contributed by atoms with Crippen molar-refractivity contribution < 1.29 is 13.5 Å². The second-order valence-corrected chi connectivity index (χ2v) is 13.0. The third kappa shape index (κ3) is 2.42. The van der Waals surface area contributed by atoms with Crippen molar-refractivity contribution in [1.82, 2.24) is 0 Å². The average Bonchev–Trinajstić information content (AvgIpc) is 2.44. The summed E-state index contributed by atoms with van der Waals surface area (Å²) in [5.41, 5.74) is 1.32. The van der Waals surface area contributed by atoms with E-state index in [1.54, 1.807) is 22.6 Å². The Morgan fingerprint density at radius 3 is 1.67 bits per heavy atom. The summed E-state index contributed by atoms with van der Waals surface area (Å²) in [6.45, 7) is 13.2. The Labute approximate surface area is 124 Å². The van der Waals surface area contributed by atoms with E-state index in [9.17, 15) is 8.78 Å². The maximum absolute atomic E-state index is 13.6. The molecule has 0 aliphatic carbocycles. The molecule has 1 aliphatic rings. The lowest BCUT2D eigenvalue weighted by atomic mass is 10.5. The van der Waals surface area contributed by atoms with E-state index in [0.29, 0.717) is 16.6 Å². The van der Waals surface area contributed by atoms with Gasteiger partial charge < -0.3 is 4.74 Å². The van der Waals surface area contributed by atoms with E-state index in [1.807, 2.05) is 0 Å². The van der Waals surface area contributed by atoms with E-state index in [4.69, 9.17) is 4.74 Å². The molecule has 0 saturated carbocycles. The molecule has 1 aliphatic heterocycles. The van der Waals surface area contributed by atoms with Crippen molar-refractivity contribution in [2.45, 2.75) is 64.3 Å². The highest BCUT2D eigenvalue weighted by molar-refractivity contribution is 14.1. The van der Waals surface area contributed by atoms with E-state index >= 15 is 0 Å². The quantitative estimate of drug-likeness (QED) is 0.455. The third-order valence-electron chi connectivity index (χ3n) is 4.31. The zero-order chi connectivity index (χ0) is 14.3. The summed E-state index contributed by atoms with van der Waals surface area (Å²) in [7, 11) is -1.98. The molecular formula is C13H23F2IOSi. The molecule has 1 heterocycles. The molecule has 1 nitrogen and oxygen atoms in total. The second kappa shape index (κ2) is 5.48. The van der Waals surface area contributed by atoms with Crippen LogP contribution in [0.1, 0.15) is 41.5 Å². The van der Waals surface area contributed by atoms with E-state index < -0.39 is 14.2 Å². The van der Waals surface area contributed by atoms with Crippen molar-refractivity contribution in [3.05, 3.63) is 8.78 Å². The minimum atomic E-state index is -3.06. The molecule has 0 saturated heterocycles. The second-order valence-electron chi connectivity index (χ2n) is 6.00. The molecule has 0 radical (unpaired) electrons. The van der Waals surface area contributed by atoms with Crippen molar-refractivity contribution in [3.8, 4) is 0 Å². The maximum atomic E-state index is 13.6. The van der Waals surface area contributed by atoms with Gasteiger partial charge in [-0.25, -0.2) is 0 Å². The fourth-order valence-electron chi connectivity index (χ4n) is 3.83. The summed E-state index contributed by atoms with van der Waals surface area (Å²) in [5.74, 6) is 0. The molecule has 0 fully saturated rings. The Balaban J connectivity index is 3.42. The van der Waals surface area contributed by atoms with Crippen LogP contribution in [-0.4, -0.2) is 20.8 Å². The first-order valence-electron chi connectivity index (χ1n) is 6.49.